The average molecular weight is 158 g/mol. The van der Waals surface area contributed by atoms with Crippen LogP contribution in [0.2, 0.25) is 0 Å². The Morgan fingerprint density at radius 1 is 1.55 bits per heavy atom. The highest BCUT2D eigenvalue weighted by Gasteiger charge is 2.25. The van der Waals surface area contributed by atoms with Crippen LogP contribution in [0.25, 0.3) is 0 Å². The van der Waals surface area contributed by atoms with Crippen LogP contribution in [-0.4, -0.2) is 25.4 Å². The van der Waals surface area contributed by atoms with Crippen LogP contribution in [0.15, 0.2) is 0 Å². The van der Waals surface area contributed by atoms with Crippen molar-refractivity contribution < 1.29 is 9.47 Å². The lowest BCUT2D eigenvalue weighted by Crippen LogP contribution is -2.28. The summed E-state index contributed by atoms with van der Waals surface area (Å²) in [7, 11) is 1.76. The molecule has 2 nitrogen and oxygen atoms in total. The molecule has 1 heterocycles. The van der Waals surface area contributed by atoms with Crippen LogP contribution < -0.4 is 0 Å². The molecule has 0 bridgehead atoms. The fourth-order valence-corrected chi connectivity index (χ4v) is 1.44. The largest absolute Gasteiger partial charge is 0.379 e. The lowest BCUT2D eigenvalue weighted by Gasteiger charge is -2.25. The molecule has 0 spiro atoms. The molecule has 0 aromatic rings. The van der Waals surface area contributed by atoms with Gasteiger partial charge in [0.15, 0.2) is 0 Å². The molecule has 1 saturated heterocycles. The zero-order valence-electron chi connectivity index (χ0n) is 7.72. The van der Waals surface area contributed by atoms with Crippen molar-refractivity contribution in [3.63, 3.8) is 0 Å². The summed E-state index contributed by atoms with van der Waals surface area (Å²) in [6.45, 7) is 5.15. The number of ether oxygens (including phenoxy) is 2. The minimum atomic E-state index is -0.0188. The summed E-state index contributed by atoms with van der Waals surface area (Å²) in [4.78, 5) is 0. The summed E-state index contributed by atoms with van der Waals surface area (Å²) in [5.41, 5.74) is -0.0188. The van der Waals surface area contributed by atoms with Crippen LogP contribution in [0.1, 0.15) is 33.1 Å². The lowest BCUT2D eigenvalue weighted by molar-refractivity contribution is -0.0264. The summed E-state index contributed by atoms with van der Waals surface area (Å²) in [5, 5.41) is 0. The second-order valence-corrected chi connectivity index (χ2v) is 3.80. The van der Waals surface area contributed by atoms with E-state index in [1.54, 1.807) is 7.11 Å². The first kappa shape index (κ1) is 9.01. The Balaban J connectivity index is 2.28. The number of hydrogen-bond donors (Lipinski definition) is 0. The number of methoxy groups -OCH3 is 1. The van der Waals surface area contributed by atoms with Crippen molar-refractivity contribution in [1.29, 1.82) is 0 Å². The maximum atomic E-state index is 5.51. The van der Waals surface area contributed by atoms with E-state index in [1.807, 2.05) is 0 Å². The Morgan fingerprint density at radius 2 is 2.27 bits per heavy atom. The van der Waals surface area contributed by atoms with E-state index >= 15 is 0 Å². The van der Waals surface area contributed by atoms with Gasteiger partial charge in [-0.2, -0.15) is 0 Å². The van der Waals surface area contributed by atoms with Crippen molar-refractivity contribution in [2.24, 2.45) is 0 Å². The van der Waals surface area contributed by atoms with Crippen LogP contribution in [-0.2, 0) is 9.47 Å². The van der Waals surface area contributed by atoms with Crippen molar-refractivity contribution in [2.45, 2.75) is 44.8 Å². The van der Waals surface area contributed by atoms with Crippen LogP contribution in [0.5, 0.6) is 0 Å². The number of rotatable bonds is 3. The number of hydrogen-bond acceptors (Lipinski definition) is 2. The van der Waals surface area contributed by atoms with E-state index in [9.17, 15) is 0 Å². The average Bonchev–Trinajstić information content (AvgIpc) is 2.39. The molecule has 1 aliphatic rings. The Morgan fingerprint density at radius 3 is 2.73 bits per heavy atom. The van der Waals surface area contributed by atoms with E-state index in [1.165, 1.54) is 12.8 Å². The van der Waals surface area contributed by atoms with Crippen molar-refractivity contribution in [2.75, 3.05) is 13.7 Å². The highest BCUT2D eigenvalue weighted by atomic mass is 16.5. The van der Waals surface area contributed by atoms with E-state index in [-0.39, 0.29) is 5.60 Å². The molecule has 1 rings (SSSR count). The minimum Gasteiger partial charge on any atom is -0.379 e. The lowest BCUT2D eigenvalue weighted by atomic mass is 9.99. The summed E-state index contributed by atoms with van der Waals surface area (Å²) < 4.78 is 10.8. The predicted molar refractivity (Wildman–Crippen MR) is 44.7 cm³/mol. The van der Waals surface area contributed by atoms with Gasteiger partial charge in [-0.1, -0.05) is 0 Å². The van der Waals surface area contributed by atoms with Gasteiger partial charge in [-0.05, 0) is 26.7 Å². The Labute approximate surface area is 68.9 Å². The van der Waals surface area contributed by atoms with Crippen molar-refractivity contribution >= 4 is 0 Å². The van der Waals surface area contributed by atoms with Crippen LogP contribution in [0.3, 0.4) is 0 Å². The molecule has 1 unspecified atom stereocenters. The van der Waals surface area contributed by atoms with Gasteiger partial charge in [0.2, 0.25) is 0 Å². The highest BCUT2D eigenvalue weighted by molar-refractivity contribution is 4.76. The van der Waals surface area contributed by atoms with E-state index in [0.29, 0.717) is 6.10 Å². The smallest absolute Gasteiger partial charge is 0.0647 e. The molecule has 66 valence electrons. The molecule has 0 N–H and O–H groups in total. The molecule has 0 radical (unpaired) electrons. The van der Waals surface area contributed by atoms with E-state index < -0.39 is 0 Å². The molecular formula is C9H18O2. The molecule has 2 heteroatoms. The molecular weight excluding hydrogens is 140 g/mol. The molecule has 1 atom stereocenters. The Hall–Kier alpha value is -0.0800. The molecule has 0 aromatic carbocycles. The topological polar surface area (TPSA) is 18.5 Å². The standard InChI is InChI=1S/C9H18O2/c1-9(2,10-3)7-8-5-4-6-11-8/h8H,4-7H2,1-3H3. The predicted octanol–water partition coefficient (Wildman–Crippen LogP) is 1.98. The third-order valence-electron chi connectivity index (χ3n) is 2.30. The second kappa shape index (κ2) is 3.55. The molecule has 1 aliphatic heterocycles. The van der Waals surface area contributed by atoms with Gasteiger partial charge >= 0.3 is 0 Å². The van der Waals surface area contributed by atoms with Crippen molar-refractivity contribution in [1.82, 2.24) is 0 Å². The van der Waals surface area contributed by atoms with E-state index in [0.717, 1.165) is 13.0 Å². The first-order valence-electron chi connectivity index (χ1n) is 4.31. The van der Waals surface area contributed by atoms with Crippen molar-refractivity contribution in [3.8, 4) is 0 Å². The first-order valence-corrected chi connectivity index (χ1v) is 4.31. The van der Waals surface area contributed by atoms with Crippen molar-refractivity contribution in [3.05, 3.63) is 0 Å². The maximum absolute atomic E-state index is 5.51. The fourth-order valence-electron chi connectivity index (χ4n) is 1.44. The Kier molecular flexibility index (Phi) is 2.90. The van der Waals surface area contributed by atoms with E-state index in [4.69, 9.17) is 9.47 Å². The highest BCUT2D eigenvalue weighted by Crippen LogP contribution is 2.23. The van der Waals surface area contributed by atoms with Gasteiger partial charge < -0.3 is 9.47 Å². The van der Waals surface area contributed by atoms with Crippen LogP contribution >= 0.6 is 0 Å². The maximum Gasteiger partial charge on any atom is 0.0647 e. The zero-order valence-corrected chi connectivity index (χ0v) is 7.72. The third kappa shape index (κ3) is 2.80. The fraction of sp³-hybridized carbons (Fsp3) is 1.00. The van der Waals surface area contributed by atoms with Gasteiger partial charge in [0.1, 0.15) is 0 Å². The van der Waals surface area contributed by atoms with Crippen LogP contribution in [0, 0.1) is 0 Å². The van der Waals surface area contributed by atoms with Gasteiger partial charge in [-0.15, -0.1) is 0 Å². The monoisotopic (exact) mass is 158 g/mol. The Bertz CT molecular complexity index is 115. The normalized spacial score (nSPS) is 25.9. The summed E-state index contributed by atoms with van der Waals surface area (Å²) >= 11 is 0. The second-order valence-electron chi connectivity index (χ2n) is 3.80. The zero-order chi connectivity index (χ0) is 8.32. The quantitative estimate of drug-likeness (QED) is 0.625. The van der Waals surface area contributed by atoms with Gasteiger partial charge in [-0.25, -0.2) is 0 Å². The third-order valence-corrected chi connectivity index (χ3v) is 2.30. The minimum absolute atomic E-state index is 0.0188. The first-order chi connectivity index (χ1) is 5.14. The van der Waals surface area contributed by atoms with Gasteiger partial charge in [0.25, 0.3) is 0 Å². The summed E-state index contributed by atoms with van der Waals surface area (Å²) in [5.74, 6) is 0. The molecule has 0 aromatic heterocycles. The van der Waals surface area contributed by atoms with Gasteiger partial charge in [0.05, 0.1) is 11.7 Å². The van der Waals surface area contributed by atoms with Crippen LogP contribution in [0.4, 0.5) is 0 Å². The molecule has 0 saturated carbocycles. The molecule has 11 heavy (non-hydrogen) atoms. The van der Waals surface area contributed by atoms with Gasteiger partial charge in [0, 0.05) is 20.1 Å². The summed E-state index contributed by atoms with van der Waals surface area (Å²) in [6, 6.07) is 0. The summed E-state index contributed by atoms with van der Waals surface area (Å²) in [6.07, 6.45) is 3.87. The SMILES string of the molecule is COC(C)(C)CC1CCCO1. The molecule has 1 fully saturated rings. The van der Waals surface area contributed by atoms with Gasteiger partial charge in [-0.3, -0.25) is 0 Å². The van der Waals surface area contributed by atoms with E-state index in [2.05, 4.69) is 13.8 Å². The molecule has 0 aliphatic carbocycles. The molecule has 0 amide bonds.